The van der Waals surface area contributed by atoms with E-state index in [-0.39, 0.29) is 0 Å². The molecule has 20 heavy (non-hydrogen) atoms. The molecule has 0 aliphatic rings. The van der Waals surface area contributed by atoms with Gasteiger partial charge >= 0.3 is 0 Å². The molecule has 0 aliphatic heterocycles. The molecule has 3 aromatic rings. The van der Waals surface area contributed by atoms with E-state index in [1.165, 1.54) is 0 Å². The monoisotopic (exact) mass is 267 g/mol. The number of aromatic nitrogens is 4. The van der Waals surface area contributed by atoms with Crippen LogP contribution in [0.15, 0.2) is 36.7 Å². The molecule has 0 aliphatic carbocycles. The van der Waals surface area contributed by atoms with Gasteiger partial charge in [-0.15, -0.1) is 10.2 Å². The van der Waals surface area contributed by atoms with Gasteiger partial charge in [-0.2, -0.15) is 5.10 Å². The first-order valence-corrected chi connectivity index (χ1v) is 6.85. The molecule has 0 bridgehead atoms. The van der Waals surface area contributed by atoms with Crippen molar-refractivity contribution in [3.05, 3.63) is 36.7 Å². The number of nitrogens with zero attached hydrogens (tertiary/aromatic N) is 4. The Labute approximate surface area is 117 Å². The number of fused-ring (bicyclic) bond motifs is 1. The molecule has 2 heterocycles. The Hall–Kier alpha value is -2.43. The van der Waals surface area contributed by atoms with E-state index in [0.29, 0.717) is 0 Å². The second-order valence-corrected chi connectivity index (χ2v) is 4.56. The van der Waals surface area contributed by atoms with Crippen LogP contribution >= 0.6 is 0 Å². The molecule has 0 atom stereocenters. The fraction of sp³-hybridized carbons (Fsp3) is 0.267. The van der Waals surface area contributed by atoms with Gasteiger partial charge in [0.05, 0.1) is 6.20 Å². The zero-order valence-corrected chi connectivity index (χ0v) is 11.7. The third-order valence-corrected chi connectivity index (χ3v) is 3.26. The predicted octanol–water partition coefficient (Wildman–Crippen LogP) is 2.95. The maximum Gasteiger partial charge on any atom is 0.156 e. The first kappa shape index (κ1) is 12.6. The van der Waals surface area contributed by atoms with Crippen LogP contribution in [0.1, 0.15) is 13.8 Å². The normalized spacial score (nSPS) is 10.9. The lowest BCUT2D eigenvalue weighted by Crippen LogP contribution is -2.02. The van der Waals surface area contributed by atoms with Crippen LogP contribution < -0.4 is 5.32 Å². The number of rotatable bonds is 4. The largest absolute Gasteiger partial charge is 0.368 e. The van der Waals surface area contributed by atoms with Crippen LogP contribution in [0.5, 0.6) is 0 Å². The van der Waals surface area contributed by atoms with Crippen molar-refractivity contribution in [1.82, 2.24) is 20.0 Å². The van der Waals surface area contributed by atoms with Gasteiger partial charge in [-0.3, -0.25) is 4.68 Å². The van der Waals surface area contributed by atoms with Gasteiger partial charge in [-0.1, -0.05) is 24.3 Å². The van der Waals surface area contributed by atoms with E-state index in [0.717, 1.165) is 40.9 Å². The van der Waals surface area contributed by atoms with E-state index < -0.39 is 0 Å². The summed E-state index contributed by atoms with van der Waals surface area (Å²) >= 11 is 0. The second-order valence-electron chi connectivity index (χ2n) is 4.56. The predicted molar refractivity (Wildman–Crippen MR) is 80.6 cm³/mol. The van der Waals surface area contributed by atoms with E-state index in [4.69, 9.17) is 0 Å². The van der Waals surface area contributed by atoms with Crippen LogP contribution in [0.25, 0.3) is 22.0 Å². The molecule has 0 saturated carbocycles. The zero-order valence-electron chi connectivity index (χ0n) is 11.7. The lowest BCUT2D eigenvalue weighted by Gasteiger charge is -2.08. The van der Waals surface area contributed by atoms with E-state index in [1.54, 1.807) is 0 Å². The lowest BCUT2D eigenvalue weighted by atomic mass is 10.1. The fourth-order valence-corrected chi connectivity index (χ4v) is 2.27. The standard InChI is InChI=1S/C15H17N5/c1-3-16-15-13-8-6-5-7-12(13)14(18-19-15)11-9-17-20(4-2)10-11/h5-10H,3-4H2,1-2H3,(H,16,19). The van der Waals surface area contributed by atoms with Crippen molar-refractivity contribution < 1.29 is 0 Å². The van der Waals surface area contributed by atoms with Crippen molar-refractivity contribution in [2.24, 2.45) is 0 Å². The molecular weight excluding hydrogens is 250 g/mol. The molecule has 1 N–H and O–H groups in total. The second kappa shape index (κ2) is 5.28. The van der Waals surface area contributed by atoms with Gasteiger partial charge in [-0.25, -0.2) is 0 Å². The molecular formula is C15H17N5. The van der Waals surface area contributed by atoms with Crippen molar-refractivity contribution in [2.75, 3.05) is 11.9 Å². The quantitative estimate of drug-likeness (QED) is 0.789. The summed E-state index contributed by atoms with van der Waals surface area (Å²) in [4.78, 5) is 0. The van der Waals surface area contributed by atoms with Gasteiger partial charge < -0.3 is 5.32 Å². The molecule has 1 aromatic carbocycles. The number of hydrogen-bond acceptors (Lipinski definition) is 4. The highest BCUT2D eigenvalue weighted by Gasteiger charge is 2.11. The van der Waals surface area contributed by atoms with E-state index >= 15 is 0 Å². The van der Waals surface area contributed by atoms with E-state index in [2.05, 4.69) is 46.6 Å². The van der Waals surface area contributed by atoms with Crippen molar-refractivity contribution in [3.63, 3.8) is 0 Å². The summed E-state index contributed by atoms with van der Waals surface area (Å²) in [5, 5.41) is 18.4. The molecule has 5 heteroatoms. The summed E-state index contributed by atoms with van der Waals surface area (Å²) in [6, 6.07) is 8.18. The number of anilines is 1. The minimum Gasteiger partial charge on any atom is -0.368 e. The number of aryl methyl sites for hydroxylation is 1. The Morgan fingerprint density at radius 1 is 1.10 bits per heavy atom. The number of hydrogen-bond donors (Lipinski definition) is 1. The van der Waals surface area contributed by atoms with Crippen LogP contribution in [0.2, 0.25) is 0 Å². The van der Waals surface area contributed by atoms with E-state index in [1.807, 2.05) is 29.2 Å². The van der Waals surface area contributed by atoms with Crippen molar-refractivity contribution >= 4 is 16.6 Å². The highest BCUT2D eigenvalue weighted by Crippen LogP contribution is 2.29. The molecule has 0 spiro atoms. The molecule has 0 radical (unpaired) electrons. The van der Waals surface area contributed by atoms with Gasteiger partial charge in [0, 0.05) is 35.6 Å². The maximum absolute atomic E-state index is 4.38. The van der Waals surface area contributed by atoms with Crippen LogP contribution in [0, 0.1) is 0 Å². The van der Waals surface area contributed by atoms with Gasteiger partial charge in [0.25, 0.3) is 0 Å². The Morgan fingerprint density at radius 2 is 1.90 bits per heavy atom. The molecule has 5 nitrogen and oxygen atoms in total. The van der Waals surface area contributed by atoms with Crippen LogP contribution in [-0.4, -0.2) is 26.5 Å². The van der Waals surface area contributed by atoms with Crippen molar-refractivity contribution in [3.8, 4) is 11.3 Å². The van der Waals surface area contributed by atoms with Gasteiger partial charge in [0.1, 0.15) is 5.69 Å². The maximum atomic E-state index is 4.38. The average Bonchev–Trinajstić information content (AvgIpc) is 2.97. The van der Waals surface area contributed by atoms with Crippen LogP contribution in [-0.2, 0) is 6.54 Å². The Morgan fingerprint density at radius 3 is 2.60 bits per heavy atom. The summed E-state index contributed by atoms with van der Waals surface area (Å²) in [7, 11) is 0. The van der Waals surface area contributed by atoms with Crippen LogP contribution in [0.3, 0.4) is 0 Å². The first-order valence-electron chi connectivity index (χ1n) is 6.85. The third kappa shape index (κ3) is 2.11. The molecule has 0 fully saturated rings. The van der Waals surface area contributed by atoms with Gasteiger partial charge in [0.2, 0.25) is 0 Å². The number of benzene rings is 1. The highest BCUT2D eigenvalue weighted by atomic mass is 15.3. The summed E-state index contributed by atoms with van der Waals surface area (Å²) in [5.41, 5.74) is 1.88. The van der Waals surface area contributed by atoms with Gasteiger partial charge in [-0.05, 0) is 13.8 Å². The van der Waals surface area contributed by atoms with Crippen molar-refractivity contribution in [2.45, 2.75) is 20.4 Å². The highest BCUT2D eigenvalue weighted by molar-refractivity contribution is 5.99. The van der Waals surface area contributed by atoms with Gasteiger partial charge in [0.15, 0.2) is 5.82 Å². The minimum atomic E-state index is 0.825. The average molecular weight is 267 g/mol. The first-order chi connectivity index (χ1) is 9.83. The summed E-state index contributed by atoms with van der Waals surface area (Å²) in [6.45, 7) is 5.79. The molecule has 2 aromatic heterocycles. The molecule has 0 amide bonds. The topological polar surface area (TPSA) is 55.6 Å². The number of nitrogens with one attached hydrogen (secondary N) is 1. The summed E-state index contributed by atoms with van der Waals surface area (Å²) < 4.78 is 1.89. The fourth-order valence-electron chi connectivity index (χ4n) is 2.27. The smallest absolute Gasteiger partial charge is 0.156 e. The molecule has 3 rings (SSSR count). The lowest BCUT2D eigenvalue weighted by molar-refractivity contribution is 0.660. The Kier molecular flexibility index (Phi) is 3.33. The van der Waals surface area contributed by atoms with Crippen LogP contribution in [0.4, 0.5) is 5.82 Å². The minimum absolute atomic E-state index is 0.825. The van der Waals surface area contributed by atoms with E-state index in [9.17, 15) is 0 Å². The molecule has 0 unspecified atom stereocenters. The third-order valence-electron chi connectivity index (χ3n) is 3.26. The Balaban J connectivity index is 2.19. The molecule has 0 saturated heterocycles. The Bertz CT molecular complexity index is 732. The zero-order chi connectivity index (χ0) is 13.9. The summed E-state index contributed by atoms with van der Waals surface area (Å²) in [5.74, 6) is 0.828. The molecule has 102 valence electrons. The van der Waals surface area contributed by atoms with Crippen molar-refractivity contribution in [1.29, 1.82) is 0 Å². The summed E-state index contributed by atoms with van der Waals surface area (Å²) in [6.07, 6.45) is 3.84. The SMILES string of the molecule is CCNc1nnc(-c2cnn(CC)c2)c2ccccc12.